The predicted octanol–water partition coefficient (Wildman–Crippen LogP) is 5.10. The Labute approximate surface area is 221 Å². The molecule has 39 heavy (non-hydrogen) atoms. The van der Waals surface area contributed by atoms with Gasteiger partial charge in [0.1, 0.15) is 24.4 Å². The van der Waals surface area contributed by atoms with Crippen LogP contribution in [0.1, 0.15) is 42.4 Å². The van der Waals surface area contributed by atoms with Crippen molar-refractivity contribution in [3.8, 4) is 12.3 Å². The molecule has 0 saturated carbocycles. The minimum absolute atomic E-state index is 0.0899. The second-order valence-electron chi connectivity index (χ2n) is 9.45. The Morgan fingerprint density at radius 1 is 1.18 bits per heavy atom. The Balaban J connectivity index is 1.82. The molecular formula is C26H25F5N5O2P. The summed E-state index contributed by atoms with van der Waals surface area (Å²) in [7, 11) is -3.08. The molecule has 1 amide bonds. The number of aromatic nitrogens is 3. The molecular weight excluding hydrogens is 540 g/mol. The minimum Gasteiger partial charge on any atom is -0.352 e. The smallest absolute Gasteiger partial charge is 0.352 e. The highest BCUT2D eigenvalue weighted by Crippen LogP contribution is 2.46. The third kappa shape index (κ3) is 5.74. The van der Waals surface area contributed by atoms with E-state index in [0.717, 1.165) is 13.1 Å². The van der Waals surface area contributed by atoms with Gasteiger partial charge in [0.05, 0.1) is 11.7 Å². The molecule has 0 spiro atoms. The average Bonchev–Trinajstić information content (AvgIpc) is 2.86. The molecule has 206 valence electrons. The van der Waals surface area contributed by atoms with E-state index >= 15 is 0 Å². The molecule has 2 aromatic heterocycles. The van der Waals surface area contributed by atoms with Gasteiger partial charge in [0.2, 0.25) is 11.7 Å². The Morgan fingerprint density at radius 3 is 2.41 bits per heavy atom. The molecule has 7 nitrogen and oxygen atoms in total. The number of pyridine rings is 1. The predicted molar refractivity (Wildman–Crippen MR) is 138 cm³/mol. The van der Waals surface area contributed by atoms with Gasteiger partial charge in [-0.2, -0.15) is 13.2 Å². The Morgan fingerprint density at radius 2 is 1.85 bits per heavy atom. The maximum Gasteiger partial charge on any atom is 0.451 e. The number of carbonyl (C=O) groups excluding carboxylic acids is 1. The van der Waals surface area contributed by atoms with Crippen molar-refractivity contribution in [1.82, 2.24) is 19.9 Å². The quantitative estimate of drug-likeness (QED) is 0.263. The summed E-state index contributed by atoms with van der Waals surface area (Å²) in [4.78, 5) is 24.7. The zero-order chi connectivity index (χ0) is 28.8. The normalized spacial score (nSPS) is 16.5. The molecule has 1 saturated heterocycles. The van der Waals surface area contributed by atoms with Crippen LogP contribution in [-0.2, 0) is 21.5 Å². The monoisotopic (exact) mass is 565 g/mol. The molecule has 0 aliphatic carbocycles. The summed E-state index contributed by atoms with van der Waals surface area (Å²) in [6.07, 6.45) is 2.23. The van der Waals surface area contributed by atoms with E-state index in [1.807, 2.05) is 0 Å². The highest BCUT2D eigenvalue weighted by atomic mass is 31.2. The lowest BCUT2D eigenvalue weighted by molar-refractivity contribution is -0.144. The van der Waals surface area contributed by atoms with Crippen molar-refractivity contribution in [1.29, 1.82) is 0 Å². The third-order valence-electron chi connectivity index (χ3n) is 6.75. The molecule has 1 fully saturated rings. The molecule has 0 unspecified atom stereocenters. The molecule has 3 heterocycles. The van der Waals surface area contributed by atoms with Gasteiger partial charge < -0.3 is 14.8 Å². The Bertz CT molecular complexity index is 1520. The van der Waals surface area contributed by atoms with E-state index in [1.165, 1.54) is 38.1 Å². The van der Waals surface area contributed by atoms with Crippen LogP contribution in [0.15, 0.2) is 30.5 Å². The topological polar surface area (TPSA) is 88.1 Å². The molecule has 1 aliphatic heterocycles. The van der Waals surface area contributed by atoms with Gasteiger partial charge in [0.15, 0.2) is 0 Å². The standard InChI is InChI=1S/C26H25F5N5O2P/c1-5-20(17-7-6-8-19(15(17)2)25(4,27)28)33-23-18-13-22(39(38)11-9-36(10-12-39)16(3)37)32-14-21(18)34-24(35-23)26(29,30)31/h1,6-8,13-14,20H,9-12H2,2-4H3,(H,33,34,35)/t20-/m1/s1. The van der Waals surface area contributed by atoms with Crippen LogP contribution in [0.3, 0.4) is 0 Å². The maximum atomic E-state index is 14.1. The number of fused-ring (bicyclic) bond motifs is 1. The number of carbonyl (C=O) groups is 1. The summed E-state index contributed by atoms with van der Waals surface area (Å²) in [6.45, 7) is 4.13. The lowest BCUT2D eigenvalue weighted by Crippen LogP contribution is -2.40. The zero-order valence-electron chi connectivity index (χ0n) is 21.3. The van der Waals surface area contributed by atoms with Crippen molar-refractivity contribution in [3.05, 3.63) is 53.0 Å². The molecule has 1 aromatic carbocycles. The van der Waals surface area contributed by atoms with Crippen molar-refractivity contribution in [3.63, 3.8) is 0 Å². The number of alkyl halides is 5. The van der Waals surface area contributed by atoms with E-state index in [1.54, 1.807) is 4.90 Å². The van der Waals surface area contributed by atoms with Crippen LogP contribution < -0.4 is 10.8 Å². The molecule has 13 heteroatoms. The maximum absolute atomic E-state index is 14.1. The number of terminal acetylenes is 1. The van der Waals surface area contributed by atoms with Crippen molar-refractivity contribution >= 4 is 35.2 Å². The zero-order valence-corrected chi connectivity index (χ0v) is 22.2. The van der Waals surface area contributed by atoms with Crippen LogP contribution in [-0.4, -0.2) is 51.2 Å². The molecule has 1 aliphatic rings. The van der Waals surface area contributed by atoms with Gasteiger partial charge in [-0.3, -0.25) is 9.78 Å². The van der Waals surface area contributed by atoms with Gasteiger partial charge in [-0.1, -0.05) is 24.1 Å². The fraction of sp³-hybridized carbons (Fsp3) is 0.385. The number of nitrogens with one attached hydrogen (secondary N) is 1. The van der Waals surface area contributed by atoms with Crippen LogP contribution >= 0.6 is 7.14 Å². The number of hydrogen-bond acceptors (Lipinski definition) is 6. The highest BCUT2D eigenvalue weighted by Gasteiger charge is 2.37. The number of benzene rings is 1. The van der Waals surface area contributed by atoms with Gasteiger partial charge >= 0.3 is 6.18 Å². The lowest BCUT2D eigenvalue weighted by Gasteiger charge is -2.31. The van der Waals surface area contributed by atoms with E-state index < -0.39 is 31.1 Å². The van der Waals surface area contributed by atoms with Crippen LogP contribution in [0.2, 0.25) is 0 Å². The molecule has 0 bridgehead atoms. The van der Waals surface area contributed by atoms with E-state index in [2.05, 4.69) is 26.2 Å². The Kier molecular flexibility index (Phi) is 7.43. The van der Waals surface area contributed by atoms with Crippen LogP contribution in [0.5, 0.6) is 0 Å². The van der Waals surface area contributed by atoms with Gasteiger partial charge in [0.25, 0.3) is 5.92 Å². The number of amides is 1. The largest absolute Gasteiger partial charge is 0.451 e. The number of halogens is 5. The van der Waals surface area contributed by atoms with Gasteiger partial charge in [-0.05, 0) is 24.1 Å². The molecule has 1 atom stereocenters. The van der Waals surface area contributed by atoms with E-state index in [0.29, 0.717) is 0 Å². The van der Waals surface area contributed by atoms with Gasteiger partial charge in [0, 0.05) is 50.2 Å². The first-order valence-electron chi connectivity index (χ1n) is 11.9. The first-order chi connectivity index (χ1) is 18.1. The summed E-state index contributed by atoms with van der Waals surface area (Å²) in [5.74, 6) is -2.67. The number of nitrogens with zero attached hydrogens (tertiary/aromatic N) is 4. The fourth-order valence-electron chi connectivity index (χ4n) is 4.60. The first-order valence-corrected chi connectivity index (χ1v) is 14.0. The minimum atomic E-state index is -4.90. The van der Waals surface area contributed by atoms with Crippen LogP contribution in [0, 0.1) is 19.3 Å². The first kappa shape index (κ1) is 28.4. The molecule has 3 aromatic rings. The second kappa shape index (κ2) is 10.2. The molecule has 0 radical (unpaired) electrons. The van der Waals surface area contributed by atoms with Gasteiger partial charge in [-0.15, -0.1) is 6.42 Å². The fourth-order valence-corrected chi connectivity index (χ4v) is 7.04. The van der Waals surface area contributed by atoms with E-state index in [-0.39, 0.29) is 70.2 Å². The Hall–Kier alpha value is -3.58. The number of anilines is 1. The third-order valence-corrected chi connectivity index (χ3v) is 9.68. The second-order valence-corrected chi connectivity index (χ2v) is 12.6. The van der Waals surface area contributed by atoms with Crippen LogP contribution in [0.25, 0.3) is 10.9 Å². The van der Waals surface area contributed by atoms with Crippen molar-refractivity contribution in [2.24, 2.45) is 0 Å². The average molecular weight is 565 g/mol. The van der Waals surface area contributed by atoms with Gasteiger partial charge in [-0.25, -0.2) is 18.7 Å². The van der Waals surface area contributed by atoms with Crippen molar-refractivity contribution < 1.29 is 31.3 Å². The van der Waals surface area contributed by atoms with Crippen molar-refractivity contribution in [2.45, 2.75) is 38.9 Å². The molecule has 4 rings (SSSR count). The molecule has 1 N–H and O–H groups in total. The SMILES string of the molecule is C#C[C@@H](Nc1nc(C(F)(F)F)nc2cnc(P3(=O)CCN(C(C)=O)CC3)cc12)c1cccc(C(C)(F)F)c1C. The van der Waals surface area contributed by atoms with E-state index in [9.17, 15) is 31.3 Å². The summed E-state index contributed by atoms with van der Waals surface area (Å²) < 4.78 is 82.9. The summed E-state index contributed by atoms with van der Waals surface area (Å²) in [6, 6.07) is 4.39. The summed E-state index contributed by atoms with van der Waals surface area (Å²) >= 11 is 0. The number of rotatable bonds is 5. The van der Waals surface area contributed by atoms with Crippen molar-refractivity contribution in [2.75, 3.05) is 30.7 Å². The number of hydrogen-bond donors (Lipinski definition) is 1. The van der Waals surface area contributed by atoms with Crippen LogP contribution in [0.4, 0.5) is 27.8 Å². The summed E-state index contributed by atoms with van der Waals surface area (Å²) in [5, 5.41) is 2.87. The lowest BCUT2D eigenvalue weighted by atomic mass is 9.94. The summed E-state index contributed by atoms with van der Waals surface area (Å²) in [5.41, 5.74) is 0.172. The highest BCUT2D eigenvalue weighted by molar-refractivity contribution is 7.71. The van der Waals surface area contributed by atoms with E-state index in [4.69, 9.17) is 6.42 Å².